The molecule has 1 aliphatic heterocycles. The molecule has 1 unspecified atom stereocenters. The maximum Gasteiger partial charge on any atom is 0.0598 e. The van der Waals surface area contributed by atoms with E-state index in [1.54, 1.807) is 0 Å². The molecule has 1 saturated heterocycles. The summed E-state index contributed by atoms with van der Waals surface area (Å²) >= 11 is 0. The summed E-state index contributed by atoms with van der Waals surface area (Å²) in [4.78, 5) is 9.17. The second-order valence-corrected chi connectivity index (χ2v) is 6.25. The molecular formula is C16H28N4. The SMILES string of the molecule is CC(C)NCc1ccncc1N1CCCC(N(C)C)C1. The number of hydrogen-bond donors (Lipinski definition) is 1. The Labute approximate surface area is 123 Å². The van der Waals surface area contributed by atoms with Crippen molar-refractivity contribution in [2.75, 3.05) is 32.1 Å². The third kappa shape index (κ3) is 3.93. The van der Waals surface area contributed by atoms with Crippen LogP contribution in [-0.2, 0) is 6.54 Å². The predicted molar refractivity (Wildman–Crippen MR) is 85.1 cm³/mol. The molecule has 20 heavy (non-hydrogen) atoms. The number of anilines is 1. The molecule has 1 aromatic heterocycles. The first-order chi connectivity index (χ1) is 9.58. The van der Waals surface area contributed by atoms with Crippen LogP contribution in [0.2, 0.25) is 0 Å². The highest BCUT2D eigenvalue weighted by Gasteiger charge is 2.23. The summed E-state index contributed by atoms with van der Waals surface area (Å²) in [5.41, 5.74) is 2.65. The zero-order valence-electron chi connectivity index (χ0n) is 13.3. The molecule has 0 spiro atoms. The number of nitrogens with zero attached hydrogens (tertiary/aromatic N) is 3. The number of rotatable bonds is 5. The van der Waals surface area contributed by atoms with Crippen molar-refractivity contribution in [1.29, 1.82) is 0 Å². The zero-order valence-corrected chi connectivity index (χ0v) is 13.3. The Kier molecular flexibility index (Phi) is 5.38. The second kappa shape index (κ2) is 7.04. The van der Waals surface area contributed by atoms with Crippen LogP contribution >= 0.6 is 0 Å². The van der Waals surface area contributed by atoms with Gasteiger partial charge in [-0.2, -0.15) is 0 Å². The minimum Gasteiger partial charge on any atom is -0.368 e. The van der Waals surface area contributed by atoms with Gasteiger partial charge in [0.15, 0.2) is 0 Å². The van der Waals surface area contributed by atoms with E-state index in [9.17, 15) is 0 Å². The van der Waals surface area contributed by atoms with E-state index in [0.29, 0.717) is 12.1 Å². The van der Waals surface area contributed by atoms with E-state index >= 15 is 0 Å². The van der Waals surface area contributed by atoms with Crippen molar-refractivity contribution < 1.29 is 0 Å². The standard InChI is InChI=1S/C16H28N4/c1-13(2)18-10-14-7-8-17-11-16(14)20-9-5-6-15(12-20)19(3)4/h7-8,11,13,15,18H,5-6,9-10,12H2,1-4H3. The van der Waals surface area contributed by atoms with Crippen LogP contribution in [0, 0.1) is 0 Å². The van der Waals surface area contributed by atoms with Crippen LogP contribution in [0.1, 0.15) is 32.3 Å². The van der Waals surface area contributed by atoms with Gasteiger partial charge in [-0.05, 0) is 38.6 Å². The maximum atomic E-state index is 4.33. The molecule has 1 aliphatic rings. The molecule has 1 atom stereocenters. The van der Waals surface area contributed by atoms with Crippen LogP contribution in [0.3, 0.4) is 0 Å². The van der Waals surface area contributed by atoms with Gasteiger partial charge in [0.1, 0.15) is 0 Å². The lowest BCUT2D eigenvalue weighted by atomic mass is 10.0. The highest BCUT2D eigenvalue weighted by molar-refractivity contribution is 5.52. The Balaban J connectivity index is 2.10. The highest BCUT2D eigenvalue weighted by Crippen LogP contribution is 2.24. The lowest BCUT2D eigenvalue weighted by molar-refractivity contribution is 0.258. The summed E-state index contributed by atoms with van der Waals surface area (Å²) in [5.74, 6) is 0. The molecule has 1 fully saturated rings. The van der Waals surface area contributed by atoms with E-state index in [4.69, 9.17) is 0 Å². The number of likely N-dealkylation sites (N-methyl/N-ethyl adjacent to an activating group) is 1. The smallest absolute Gasteiger partial charge is 0.0598 e. The van der Waals surface area contributed by atoms with Gasteiger partial charge in [-0.1, -0.05) is 13.8 Å². The van der Waals surface area contributed by atoms with Gasteiger partial charge in [-0.25, -0.2) is 0 Å². The number of hydrogen-bond acceptors (Lipinski definition) is 4. The van der Waals surface area contributed by atoms with Crippen LogP contribution < -0.4 is 10.2 Å². The zero-order chi connectivity index (χ0) is 14.5. The summed E-state index contributed by atoms with van der Waals surface area (Å²) in [6, 6.07) is 3.30. The summed E-state index contributed by atoms with van der Waals surface area (Å²) in [6.07, 6.45) is 6.47. The van der Waals surface area contributed by atoms with Gasteiger partial charge >= 0.3 is 0 Å². The Morgan fingerprint density at radius 3 is 2.95 bits per heavy atom. The predicted octanol–water partition coefficient (Wildman–Crippen LogP) is 2.11. The molecule has 0 saturated carbocycles. The Morgan fingerprint density at radius 1 is 1.45 bits per heavy atom. The molecule has 4 nitrogen and oxygen atoms in total. The fraction of sp³-hybridized carbons (Fsp3) is 0.688. The van der Waals surface area contributed by atoms with Gasteiger partial charge in [-0.3, -0.25) is 4.98 Å². The summed E-state index contributed by atoms with van der Waals surface area (Å²) in [6.45, 7) is 7.53. The fourth-order valence-corrected chi connectivity index (χ4v) is 2.76. The minimum atomic E-state index is 0.506. The Hall–Kier alpha value is -1.13. The van der Waals surface area contributed by atoms with Crippen molar-refractivity contribution in [3.05, 3.63) is 24.0 Å². The lowest BCUT2D eigenvalue weighted by Gasteiger charge is -2.38. The van der Waals surface area contributed by atoms with Gasteiger partial charge in [0.25, 0.3) is 0 Å². The van der Waals surface area contributed by atoms with Crippen molar-refractivity contribution in [2.45, 2.75) is 45.3 Å². The van der Waals surface area contributed by atoms with Crippen molar-refractivity contribution in [3.63, 3.8) is 0 Å². The van der Waals surface area contributed by atoms with E-state index in [2.05, 4.69) is 54.1 Å². The molecule has 1 aromatic rings. The first kappa shape index (κ1) is 15.3. The molecule has 112 valence electrons. The quantitative estimate of drug-likeness (QED) is 0.892. The normalized spacial score (nSPS) is 19.9. The third-order valence-electron chi connectivity index (χ3n) is 4.06. The number of pyridine rings is 1. The summed E-state index contributed by atoms with van der Waals surface area (Å²) in [7, 11) is 4.36. The van der Waals surface area contributed by atoms with Crippen molar-refractivity contribution in [2.24, 2.45) is 0 Å². The molecular weight excluding hydrogens is 248 g/mol. The molecule has 0 aliphatic carbocycles. The van der Waals surface area contributed by atoms with Crippen molar-refractivity contribution >= 4 is 5.69 Å². The average Bonchev–Trinajstić information content (AvgIpc) is 2.45. The monoisotopic (exact) mass is 276 g/mol. The number of piperidine rings is 1. The molecule has 0 amide bonds. The third-order valence-corrected chi connectivity index (χ3v) is 4.06. The van der Waals surface area contributed by atoms with Crippen molar-refractivity contribution in [3.8, 4) is 0 Å². The van der Waals surface area contributed by atoms with Crippen LogP contribution in [0.4, 0.5) is 5.69 Å². The molecule has 1 N–H and O–H groups in total. The van der Waals surface area contributed by atoms with Gasteiger partial charge in [-0.15, -0.1) is 0 Å². The summed E-state index contributed by atoms with van der Waals surface area (Å²) in [5, 5.41) is 3.51. The van der Waals surface area contributed by atoms with Crippen molar-refractivity contribution in [1.82, 2.24) is 15.2 Å². The Morgan fingerprint density at radius 2 is 2.25 bits per heavy atom. The average molecular weight is 276 g/mol. The fourth-order valence-electron chi connectivity index (χ4n) is 2.76. The van der Waals surface area contributed by atoms with E-state index in [1.807, 2.05) is 12.4 Å². The number of aromatic nitrogens is 1. The van der Waals surface area contributed by atoms with Crippen LogP contribution in [0.5, 0.6) is 0 Å². The molecule has 2 rings (SSSR count). The molecule has 0 aromatic carbocycles. The molecule has 0 radical (unpaired) electrons. The van der Waals surface area contributed by atoms with Crippen LogP contribution in [0.15, 0.2) is 18.5 Å². The summed E-state index contributed by atoms with van der Waals surface area (Å²) < 4.78 is 0. The molecule has 2 heterocycles. The number of nitrogens with one attached hydrogen (secondary N) is 1. The first-order valence-corrected chi connectivity index (χ1v) is 7.65. The highest BCUT2D eigenvalue weighted by atomic mass is 15.2. The molecule has 4 heteroatoms. The lowest BCUT2D eigenvalue weighted by Crippen LogP contribution is -2.45. The van der Waals surface area contributed by atoms with Crippen LogP contribution in [-0.4, -0.2) is 49.2 Å². The second-order valence-electron chi connectivity index (χ2n) is 6.25. The van der Waals surface area contributed by atoms with E-state index in [-0.39, 0.29) is 0 Å². The van der Waals surface area contributed by atoms with E-state index in [0.717, 1.165) is 19.6 Å². The minimum absolute atomic E-state index is 0.506. The first-order valence-electron chi connectivity index (χ1n) is 7.65. The molecule has 0 bridgehead atoms. The van der Waals surface area contributed by atoms with Gasteiger partial charge < -0.3 is 15.1 Å². The van der Waals surface area contributed by atoms with Gasteiger partial charge in [0.05, 0.1) is 11.9 Å². The van der Waals surface area contributed by atoms with Gasteiger partial charge in [0, 0.05) is 37.9 Å². The largest absolute Gasteiger partial charge is 0.368 e. The van der Waals surface area contributed by atoms with Crippen LogP contribution in [0.25, 0.3) is 0 Å². The van der Waals surface area contributed by atoms with Gasteiger partial charge in [0.2, 0.25) is 0 Å². The maximum absolute atomic E-state index is 4.33. The Bertz CT molecular complexity index is 417. The van der Waals surface area contributed by atoms with E-state index < -0.39 is 0 Å². The van der Waals surface area contributed by atoms with E-state index in [1.165, 1.54) is 24.1 Å². The topological polar surface area (TPSA) is 31.4 Å².